The molecule has 14 heavy (non-hydrogen) atoms. The van der Waals surface area contributed by atoms with Gasteiger partial charge >= 0.3 is 0 Å². The quantitative estimate of drug-likeness (QED) is 0.885. The first kappa shape index (κ1) is 11.2. The van der Waals surface area contributed by atoms with Crippen molar-refractivity contribution in [3.63, 3.8) is 0 Å². The van der Waals surface area contributed by atoms with Crippen molar-refractivity contribution >= 4 is 21.8 Å². The summed E-state index contributed by atoms with van der Waals surface area (Å²) in [6.45, 7) is 4.73. The standard InChI is InChI=1S/C11H14BrNO/c1-3-4-13-11(14)9-5-8(2)6-10(12)7-9/h5-7H,3-4H2,1-2H3,(H,13,14). The summed E-state index contributed by atoms with van der Waals surface area (Å²) >= 11 is 3.37. The van der Waals surface area contributed by atoms with E-state index in [2.05, 4.69) is 21.2 Å². The number of halogens is 1. The molecule has 1 amide bonds. The number of aryl methyl sites for hydroxylation is 1. The molecule has 76 valence electrons. The highest BCUT2D eigenvalue weighted by Crippen LogP contribution is 2.15. The SMILES string of the molecule is CCCNC(=O)c1cc(C)cc(Br)c1. The van der Waals surface area contributed by atoms with E-state index in [4.69, 9.17) is 0 Å². The fraction of sp³-hybridized carbons (Fsp3) is 0.364. The van der Waals surface area contributed by atoms with E-state index in [0.29, 0.717) is 5.56 Å². The Bertz CT molecular complexity index is 316. The van der Waals surface area contributed by atoms with E-state index in [1.54, 1.807) is 0 Å². The topological polar surface area (TPSA) is 29.1 Å². The van der Waals surface area contributed by atoms with Gasteiger partial charge in [-0.05, 0) is 37.1 Å². The van der Waals surface area contributed by atoms with Gasteiger partial charge in [-0.1, -0.05) is 22.9 Å². The summed E-state index contributed by atoms with van der Waals surface area (Å²) in [5.41, 5.74) is 1.80. The molecule has 0 heterocycles. The van der Waals surface area contributed by atoms with Crippen LogP contribution < -0.4 is 5.32 Å². The Hall–Kier alpha value is -0.830. The molecule has 0 aliphatic carbocycles. The molecule has 0 radical (unpaired) electrons. The van der Waals surface area contributed by atoms with Crippen LogP contribution in [0, 0.1) is 6.92 Å². The van der Waals surface area contributed by atoms with Crippen LogP contribution in [0.4, 0.5) is 0 Å². The number of nitrogens with one attached hydrogen (secondary N) is 1. The van der Waals surface area contributed by atoms with Gasteiger partial charge in [0.2, 0.25) is 0 Å². The molecule has 0 atom stereocenters. The average molecular weight is 256 g/mol. The molecule has 0 unspecified atom stereocenters. The van der Waals surface area contributed by atoms with Gasteiger partial charge in [0, 0.05) is 16.6 Å². The zero-order valence-corrected chi connectivity index (χ0v) is 10.0. The van der Waals surface area contributed by atoms with Crippen molar-refractivity contribution in [3.05, 3.63) is 33.8 Å². The molecule has 1 aromatic rings. The molecule has 0 saturated carbocycles. The van der Waals surface area contributed by atoms with E-state index in [-0.39, 0.29) is 5.91 Å². The Labute approximate surface area is 92.8 Å². The lowest BCUT2D eigenvalue weighted by molar-refractivity contribution is 0.0953. The summed E-state index contributed by atoms with van der Waals surface area (Å²) in [4.78, 5) is 11.6. The number of hydrogen-bond acceptors (Lipinski definition) is 1. The van der Waals surface area contributed by atoms with Crippen molar-refractivity contribution in [2.45, 2.75) is 20.3 Å². The fourth-order valence-corrected chi connectivity index (χ4v) is 1.82. The van der Waals surface area contributed by atoms with Gasteiger partial charge in [0.25, 0.3) is 5.91 Å². The van der Waals surface area contributed by atoms with E-state index >= 15 is 0 Å². The van der Waals surface area contributed by atoms with Crippen LogP contribution in [0.25, 0.3) is 0 Å². The predicted octanol–water partition coefficient (Wildman–Crippen LogP) is 2.90. The Balaban J connectivity index is 2.79. The third-order valence-corrected chi connectivity index (χ3v) is 2.30. The Morgan fingerprint density at radius 2 is 2.14 bits per heavy atom. The number of hydrogen-bond donors (Lipinski definition) is 1. The van der Waals surface area contributed by atoms with Gasteiger partial charge in [0.1, 0.15) is 0 Å². The maximum Gasteiger partial charge on any atom is 0.251 e. The number of carbonyl (C=O) groups excluding carboxylic acids is 1. The van der Waals surface area contributed by atoms with Crippen LogP contribution in [-0.4, -0.2) is 12.5 Å². The highest BCUT2D eigenvalue weighted by molar-refractivity contribution is 9.10. The first-order chi connectivity index (χ1) is 6.63. The lowest BCUT2D eigenvalue weighted by Crippen LogP contribution is -2.23. The fourth-order valence-electron chi connectivity index (χ4n) is 1.21. The van der Waals surface area contributed by atoms with Crippen molar-refractivity contribution < 1.29 is 4.79 Å². The molecule has 2 nitrogen and oxygen atoms in total. The zero-order chi connectivity index (χ0) is 10.6. The van der Waals surface area contributed by atoms with Gasteiger partial charge in [0.05, 0.1) is 0 Å². The first-order valence-corrected chi connectivity index (χ1v) is 5.48. The van der Waals surface area contributed by atoms with Crippen LogP contribution in [0.15, 0.2) is 22.7 Å². The lowest BCUT2D eigenvalue weighted by atomic mass is 10.1. The Morgan fingerprint density at radius 3 is 2.71 bits per heavy atom. The second-order valence-electron chi connectivity index (χ2n) is 3.27. The van der Waals surface area contributed by atoms with Crippen LogP contribution in [0.3, 0.4) is 0 Å². The summed E-state index contributed by atoms with van der Waals surface area (Å²) in [5.74, 6) is -0.00347. The average Bonchev–Trinajstić information content (AvgIpc) is 2.12. The summed E-state index contributed by atoms with van der Waals surface area (Å²) in [6.07, 6.45) is 0.957. The van der Waals surface area contributed by atoms with Gasteiger partial charge in [0.15, 0.2) is 0 Å². The van der Waals surface area contributed by atoms with E-state index in [9.17, 15) is 4.79 Å². The molecule has 1 rings (SSSR count). The Morgan fingerprint density at radius 1 is 1.43 bits per heavy atom. The van der Waals surface area contributed by atoms with Crippen molar-refractivity contribution in [2.75, 3.05) is 6.54 Å². The maximum atomic E-state index is 11.6. The predicted molar refractivity (Wildman–Crippen MR) is 61.5 cm³/mol. The number of rotatable bonds is 3. The lowest BCUT2D eigenvalue weighted by Gasteiger charge is -2.04. The van der Waals surface area contributed by atoms with Gasteiger partial charge < -0.3 is 5.32 Å². The molecule has 3 heteroatoms. The van der Waals surface area contributed by atoms with Crippen molar-refractivity contribution in [2.24, 2.45) is 0 Å². The normalized spacial score (nSPS) is 9.93. The third-order valence-electron chi connectivity index (χ3n) is 1.84. The van der Waals surface area contributed by atoms with Crippen molar-refractivity contribution in [1.29, 1.82) is 0 Å². The van der Waals surface area contributed by atoms with Crippen LogP contribution in [0.2, 0.25) is 0 Å². The highest BCUT2D eigenvalue weighted by Gasteiger charge is 2.05. The zero-order valence-electron chi connectivity index (χ0n) is 8.43. The van der Waals surface area contributed by atoms with Crippen LogP contribution in [0.5, 0.6) is 0 Å². The van der Waals surface area contributed by atoms with E-state index in [1.165, 1.54) is 0 Å². The van der Waals surface area contributed by atoms with Crippen LogP contribution >= 0.6 is 15.9 Å². The second-order valence-corrected chi connectivity index (χ2v) is 4.19. The molecule has 1 N–H and O–H groups in total. The van der Waals surface area contributed by atoms with Gasteiger partial charge in [-0.25, -0.2) is 0 Å². The molecular weight excluding hydrogens is 242 g/mol. The largest absolute Gasteiger partial charge is 0.352 e. The summed E-state index contributed by atoms with van der Waals surface area (Å²) in [5, 5.41) is 2.84. The monoisotopic (exact) mass is 255 g/mol. The van der Waals surface area contributed by atoms with E-state index < -0.39 is 0 Å². The van der Waals surface area contributed by atoms with Crippen molar-refractivity contribution in [1.82, 2.24) is 5.32 Å². The van der Waals surface area contributed by atoms with E-state index in [1.807, 2.05) is 32.0 Å². The van der Waals surface area contributed by atoms with E-state index in [0.717, 1.165) is 23.0 Å². The summed E-state index contributed by atoms with van der Waals surface area (Å²) in [7, 11) is 0. The molecule has 0 aliphatic rings. The molecule has 0 saturated heterocycles. The Kier molecular flexibility index (Phi) is 4.14. The molecule has 0 bridgehead atoms. The van der Waals surface area contributed by atoms with Gasteiger partial charge in [-0.15, -0.1) is 0 Å². The third kappa shape index (κ3) is 3.14. The van der Waals surface area contributed by atoms with Crippen LogP contribution in [0.1, 0.15) is 29.3 Å². The molecule has 0 aliphatic heterocycles. The van der Waals surface area contributed by atoms with Crippen molar-refractivity contribution in [3.8, 4) is 0 Å². The molecular formula is C11H14BrNO. The first-order valence-electron chi connectivity index (χ1n) is 4.69. The number of carbonyl (C=O) groups is 1. The maximum absolute atomic E-state index is 11.6. The molecule has 0 aromatic heterocycles. The smallest absolute Gasteiger partial charge is 0.251 e. The minimum Gasteiger partial charge on any atom is -0.352 e. The number of benzene rings is 1. The second kappa shape index (κ2) is 5.15. The molecule has 0 spiro atoms. The minimum atomic E-state index is -0.00347. The highest BCUT2D eigenvalue weighted by atomic mass is 79.9. The van der Waals surface area contributed by atoms with Crippen LogP contribution in [-0.2, 0) is 0 Å². The van der Waals surface area contributed by atoms with Gasteiger partial charge in [-0.2, -0.15) is 0 Å². The minimum absolute atomic E-state index is 0.00347. The summed E-state index contributed by atoms with van der Waals surface area (Å²) < 4.78 is 0.944. The van der Waals surface area contributed by atoms with Gasteiger partial charge in [-0.3, -0.25) is 4.79 Å². The number of amides is 1. The molecule has 1 aromatic carbocycles. The summed E-state index contributed by atoms with van der Waals surface area (Å²) in [6, 6.07) is 5.70. The molecule has 0 fully saturated rings.